The lowest BCUT2D eigenvalue weighted by Crippen LogP contribution is -2.15. The molecule has 28 heavy (non-hydrogen) atoms. The van der Waals surface area contributed by atoms with Crippen molar-refractivity contribution < 1.29 is 13.2 Å². The third kappa shape index (κ3) is 3.78. The summed E-state index contributed by atoms with van der Waals surface area (Å²) in [4.78, 5) is 10.6. The van der Waals surface area contributed by atoms with Crippen LogP contribution in [-0.4, -0.2) is 24.5 Å². The van der Waals surface area contributed by atoms with Gasteiger partial charge in [-0.05, 0) is 37.1 Å². The van der Waals surface area contributed by atoms with Crippen LogP contribution in [0, 0.1) is 13.8 Å². The standard InChI is InChI=1S/C19H17Cl2N3O3S/c1-11-18(12(2)24(3)22-11)23-28(26,27)19-16(20)8-15(9-17(19)21)14-6-4-13(10-25)5-7-14/h4-10,23H,1-3H3. The maximum Gasteiger partial charge on any atom is 0.264 e. The summed E-state index contributed by atoms with van der Waals surface area (Å²) < 4.78 is 30.0. The number of hydrogen-bond acceptors (Lipinski definition) is 4. The molecule has 6 nitrogen and oxygen atoms in total. The summed E-state index contributed by atoms with van der Waals surface area (Å²) in [5.74, 6) is 0. The van der Waals surface area contributed by atoms with Gasteiger partial charge in [-0.3, -0.25) is 14.2 Å². The highest BCUT2D eigenvalue weighted by Gasteiger charge is 2.25. The summed E-state index contributed by atoms with van der Waals surface area (Å²) >= 11 is 12.6. The van der Waals surface area contributed by atoms with Crippen LogP contribution in [0.4, 0.5) is 5.69 Å². The number of aldehydes is 1. The molecule has 0 unspecified atom stereocenters. The zero-order valence-electron chi connectivity index (χ0n) is 15.3. The van der Waals surface area contributed by atoms with E-state index < -0.39 is 10.0 Å². The van der Waals surface area contributed by atoms with Crippen LogP contribution in [0.15, 0.2) is 41.3 Å². The number of aryl methyl sites for hydroxylation is 2. The Kier molecular flexibility index (Phi) is 5.52. The molecule has 0 aliphatic heterocycles. The number of anilines is 1. The van der Waals surface area contributed by atoms with Crippen LogP contribution in [0.2, 0.25) is 10.0 Å². The molecule has 0 atom stereocenters. The van der Waals surface area contributed by atoms with Crippen LogP contribution in [0.25, 0.3) is 11.1 Å². The SMILES string of the molecule is Cc1nn(C)c(C)c1NS(=O)(=O)c1c(Cl)cc(-c2ccc(C=O)cc2)cc1Cl. The first-order chi connectivity index (χ1) is 13.1. The third-order valence-electron chi connectivity index (χ3n) is 4.39. The Morgan fingerprint density at radius 2 is 1.61 bits per heavy atom. The average molecular weight is 438 g/mol. The van der Waals surface area contributed by atoms with E-state index in [1.165, 1.54) is 12.1 Å². The van der Waals surface area contributed by atoms with Crippen LogP contribution in [0.1, 0.15) is 21.7 Å². The molecule has 0 radical (unpaired) electrons. The van der Waals surface area contributed by atoms with Crippen molar-refractivity contribution in [3.63, 3.8) is 0 Å². The first-order valence-electron chi connectivity index (χ1n) is 8.21. The van der Waals surface area contributed by atoms with E-state index >= 15 is 0 Å². The number of carbonyl (C=O) groups excluding carboxylic acids is 1. The largest absolute Gasteiger partial charge is 0.298 e. The molecule has 0 spiro atoms. The Labute approximate surface area is 173 Å². The molecular weight excluding hydrogens is 421 g/mol. The summed E-state index contributed by atoms with van der Waals surface area (Å²) in [6, 6.07) is 9.84. The molecule has 3 rings (SSSR count). The fraction of sp³-hybridized carbons (Fsp3) is 0.158. The highest BCUT2D eigenvalue weighted by molar-refractivity contribution is 7.93. The number of hydrogen-bond donors (Lipinski definition) is 1. The van der Waals surface area contributed by atoms with Crippen molar-refractivity contribution in [2.75, 3.05) is 4.72 Å². The van der Waals surface area contributed by atoms with Gasteiger partial charge in [0.2, 0.25) is 0 Å². The van der Waals surface area contributed by atoms with Gasteiger partial charge in [0, 0.05) is 12.6 Å². The van der Waals surface area contributed by atoms with Gasteiger partial charge in [0.25, 0.3) is 10.0 Å². The smallest absolute Gasteiger partial charge is 0.264 e. The molecule has 146 valence electrons. The second-order valence-electron chi connectivity index (χ2n) is 6.28. The second kappa shape index (κ2) is 7.58. The van der Waals surface area contributed by atoms with Crippen LogP contribution in [-0.2, 0) is 17.1 Å². The summed E-state index contributed by atoms with van der Waals surface area (Å²) in [6.45, 7) is 3.47. The Morgan fingerprint density at radius 3 is 2.07 bits per heavy atom. The van der Waals surface area contributed by atoms with Crippen molar-refractivity contribution in [1.29, 1.82) is 0 Å². The van der Waals surface area contributed by atoms with E-state index in [2.05, 4.69) is 9.82 Å². The van der Waals surface area contributed by atoms with E-state index in [9.17, 15) is 13.2 Å². The van der Waals surface area contributed by atoms with Gasteiger partial charge in [0.05, 0.1) is 27.1 Å². The summed E-state index contributed by atoms with van der Waals surface area (Å²) in [7, 11) is -2.30. The number of rotatable bonds is 5. The van der Waals surface area contributed by atoms with E-state index in [-0.39, 0.29) is 14.9 Å². The molecule has 0 fully saturated rings. The van der Waals surface area contributed by atoms with Crippen molar-refractivity contribution in [3.8, 4) is 11.1 Å². The van der Waals surface area contributed by atoms with Crippen molar-refractivity contribution in [2.24, 2.45) is 7.05 Å². The van der Waals surface area contributed by atoms with Gasteiger partial charge in [0.1, 0.15) is 11.2 Å². The van der Waals surface area contributed by atoms with Gasteiger partial charge in [-0.15, -0.1) is 0 Å². The summed E-state index contributed by atoms with van der Waals surface area (Å²) in [5.41, 5.74) is 3.53. The molecule has 2 aromatic carbocycles. The topological polar surface area (TPSA) is 81.1 Å². The Balaban J connectivity index is 2.03. The highest BCUT2D eigenvalue weighted by Crippen LogP contribution is 2.36. The molecule has 1 N–H and O–H groups in total. The number of aromatic nitrogens is 2. The first kappa shape index (κ1) is 20.4. The minimum absolute atomic E-state index is 0.00587. The Hall–Kier alpha value is -2.35. The van der Waals surface area contributed by atoms with Crippen LogP contribution < -0.4 is 4.72 Å². The predicted molar refractivity (Wildman–Crippen MR) is 111 cm³/mol. The quantitative estimate of drug-likeness (QED) is 0.590. The van der Waals surface area contributed by atoms with E-state index in [1.54, 1.807) is 49.8 Å². The van der Waals surface area contributed by atoms with Crippen LogP contribution in [0.5, 0.6) is 0 Å². The molecule has 1 aromatic heterocycles. The van der Waals surface area contributed by atoms with Gasteiger partial charge in [-0.25, -0.2) is 8.42 Å². The van der Waals surface area contributed by atoms with Crippen LogP contribution >= 0.6 is 23.2 Å². The van der Waals surface area contributed by atoms with E-state index in [0.29, 0.717) is 28.2 Å². The van der Waals surface area contributed by atoms with Gasteiger partial charge in [-0.2, -0.15) is 5.10 Å². The molecule has 9 heteroatoms. The number of nitrogens with one attached hydrogen (secondary N) is 1. The molecule has 3 aromatic rings. The predicted octanol–water partition coefficient (Wildman–Crippen LogP) is 4.62. The highest BCUT2D eigenvalue weighted by atomic mass is 35.5. The minimum Gasteiger partial charge on any atom is -0.298 e. The Bertz CT molecular complexity index is 1150. The normalized spacial score (nSPS) is 11.5. The maximum absolute atomic E-state index is 12.9. The summed E-state index contributed by atoms with van der Waals surface area (Å²) in [5, 5.41) is 4.19. The number of sulfonamides is 1. The third-order valence-corrected chi connectivity index (χ3v) is 6.66. The lowest BCUT2D eigenvalue weighted by molar-refractivity contribution is 0.112. The lowest BCUT2D eigenvalue weighted by atomic mass is 10.0. The number of nitrogens with zero attached hydrogens (tertiary/aromatic N) is 2. The van der Waals surface area contributed by atoms with Gasteiger partial charge < -0.3 is 0 Å². The fourth-order valence-electron chi connectivity index (χ4n) is 2.84. The summed E-state index contributed by atoms with van der Waals surface area (Å²) in [6.07, 6.45) is 0.744. The van der Waals surface area contributed by atoms with Crippen molar-refractivity contribution >= 4 is 45.2 Å². The average Bonchev–Trinajstić information content (AvgIpc) is 2.86. The molecule has 0 bridgehead atoms. The monoisotopic (exact) mass is 437 g/mol. The minimum atomic E-state index is -4.03. The van der Waals surface area contributed by atoms with Crippen LogP contribution in [0.3, 0.4) is 0 Å². The molecule has 1 heterocycles. The zero-order valence-corrected chi connectivity index (χ0v) is 17.7. The van der Waals surface area contributed by atoms with Crippen molar-refractivity contribution in [1.82, 2.24) is 9.78 Å². The van der Waals surface area contributed by atoms with Crippen molar-refractivity contribution in [3.05, 3.63) is 63.4 Å². The van der Waals surface area contributed by atoms with E-state index in [0.717, 1.165) is 11.8 Å². The number of carbonyl (C=O) groups is 1. The molecule has 0 saturated carbocycles. The molecule has 0 aliphatic rings. The second-order valence-corrected chi connectivity index (χ2v) is 8.72. The van der Waals surface area contributed by atoms with E-state index in [4.69, 9.17) is 23.2 Å². The lowest BCUT2D eigenvalue weighted by Gasteiger charge is -2.13. The van der Waals surface area contributed by atoms with E-state index in [1.807, 2.05) is 0 Å². The fourth-order valence-corrected chi connectivity index (χ4v) is 5.24. The number of halogens is 2. The zero-order chi connectivity index (χ0) is 20.6. The first-order valence-corrected chi connectivity index (χ1v) is 10.5. The molecule has 0 saturated heterocycles. The molecule has 0 amide bonds. The van der Waals surface area contributed by atoms with Gasteiger partial charge in [0.15, 0.2) is 0 Å². The van der Waals surface area contributed by atoms with Crippen molar-refractivity contribution in [2.45, 2.75) is 18.7 Å². The maximum atomic E-state index is 12.9. The molecule has 0 aliphatic carbocycles. The van der Waals surface area contributed by atoms with Gasteiger partial charge in [-0.1, -0.05) is 47.5 Å². The van der Waals surface area contributed by atoms with Gasteiger partial charge >= 0.3 is 0 Å². The number of benzene rings is 2. The Morgan fingerprint density at radius 1 is 1.04 bits per heavy atom. The molecular formula is C19H17Cl2N3O3S.